The molecule has 0 saturated carbocycles. The fraction of sp³-hybridized carbons (Fsp3) is 0.0370. The quantitative estimate of drug-likeness (QED) is 0.166. The van der Waals surface area contributed by atoms with Gasteiger partial charge in [0.1, 0.15) is 0 Å². The molecule has 0 saturated heterocycles. The van der Waals surface area contributed by atoms with Crippen molar-refractivity contribution in [2.45, 2.75) is 12.5 Å². The van der Waals surface area contributed by atoms with E-state index in [1.807, 2.05) is 0 Å². The molecule has 11 rings (SSSR count). The molecule has 0 amide bonds. The first-order chi connectivity index (χ1) is 27.8. The number of hydrogen-bond donors (Lipinski definition) is 0. The Labute approximate surface area is 326 Å². The minimum atomic E-state index is 0.244. The molecule has 0 spiro atoms. The fourth-order valence-electron chi connectivity index (χ4n) is 8.95. The molecule has 0 bridgehead atoms. The van der Waals surface area contributed by atoms with Crippen molar-refractivity contribution in [2.24, 2.45) is 0 Å². The summed E-state index contributed by atoms with van der Waals surface area (Å²) in [5, 5.41) is 10.1. The maximum Gasteiger partial charge on any atom is 0.0583 e. The van der Waals surface area contributed by atoms with Crippen LogP contribution in [0, 0.1) is 0 Å². The molecule has 0 radical (unpaired) electrons. The van der Waals surface area contributed by atoms with Crippen LogP contribution in [-0.4, -0.2) is 4.57 Å². The van der Waals surface area contributed by atoms with Gasteiger partial charge in [-0.2, -0.15) is 0 Å². The Morgan fingerprint density at radius 2 is 1.07 bits per heavy atom. The minimum absolute atomic E-state index is 0.244. The highest BCUT2D eigenvalue weighted by Crippen LogP contribution is 2.45. The van der Waals surface area contributed by atoms with E-state index < -0.39 is 0 Å². The zero-order valence-corrected chi connectivity index (χ0v) is 30.9. The summed E-state index contributed by atoms with van der Waals surface area (Å²) in [6, 6.07) is 69.4. The second-order valence-corrected chi connectivity index (χ2v) is 14.9. The van der Waals surface area contributed by atoms with Gasteiger partial charge in [0.05, 0.1) is 11.6 Å². The molecule has 56 heavy (non-hydrogen) atoms. The summed E-state index contributed by atoms with van der Waals surface area (Å²) in [5.41, 5.74) is 10.8. The third kappa shape index (κ3) is 5.41. The van der Waals surface area contributed by atoms with Crippen molar-refractivity contribution in [1.29, 1.82) is 0 Å². The van der Waals surface area contributed by atoms with Gasteiger partial charge < -0.3 is 9.47 Å². The molecule has 9 aromatic carbocycles. The van der Waals surface area contributed by atoms with Gasteiger partial charge in [-0.3, -0.25) is 0 Å². The second kappa shape index (κ2) is 13.3. The fourth-order valence-corrected chi connectivity index (χ4v) is 8.95. The van der Waals surface area contributed by atoms with Crippen molar-refractivity contribution < 1.29 is 0 Å². The highest BCUT2D eigenvalue weighted by molar-refractivity contribution is 6.23. The summed E-state index contributed by atoms with van der Waals surface area (Å²) in [6.45, 7) is 0. The summed E-state index contributed by atoms with van der Waals surface area (Å²) in [6.07, 6.45) is 9.97. The van der Waals surface area contributed by atoms with Crippen LogP contribution in [0.25, 0.3) is 76.4 Å². The van der Waals surface area contributed by atoms with Crippen molar-refractivity contribution >= 4 is 71.2 Å². The molecule has 0 N–H and O–H groups in total. The van der Waals surface area contributed by atoms with E-state index in [4.69, 9.17) is 0 Å². The first kappa shape index (κ1) is 32.3. The van der Waals surface area contributed by atoms with Crippen molar-refractivity contribution in [1.82, 2.24) is 4.57 Å². The normalized spacial score (nSPS) is 14.0. The monoisotopic (exact) mass is 714 g/mol. The van der Waals surface area contributed by atoms with Crippen molar-refractivity contribution in [3.8, 4) is 22.3 Å². The minimum Gasteiger partial charge on any atom is -0.333 e. The highest BCUT2D eigenvalue weighted by Gasteiger charge is 2.23. The highest BCUT2D eigenvalue weighted by atomic mass is 15.1. The lowest BCUT2D eigenvalue weighted by atomic mass is 9.94. The SMILES string of the molecule is C1=CCC(n2c3ccccc3c3c(-c4cccc(N(c5ccc(-c6ccc7ccccc7c6)cc5)c5ccc6ccccc6c5)c4)cc4ccccc4c32)C=C1. The van der Waals surface area contributed by atoms with Crippen LogP contribution in [0.15, 0.2) is 212 Å². The van der Waals surface area contributed by atoms with Gasteiger partial charge in [-0.15, -0.1) is 0 Å². The molecule has 1 aliphatic rings. The topological polar surface area (TPSA) is 8.17 Å². The second-order valence-electron chi connectivity index (χ2n) is 14.9. The van der Waals surface area contributed by atoms with E-state index in [2.05, 4.69) is 222 Å². The van der Waals surface area contributed by atoms with E-state index in [1.54, 1.807) is 0 Å². The van der Waals surface area contributed by atoms with Gasteiger partial charge in [0.25, 0.3) is 0 Å². The third-order valence-electron chi connectivity index (χ3n) is 11.6. The lowest BCUT2D eigenvalue weighted by Crippen LogP contribution is -2.10. The number of fused-ring (bicyclic) bond motifs is 7. The average Bonchev–Trinajstić information content (AvgIpc) is 3.62. The Morgan fingerprint density at radius 3 is 1.86 bits per heavy atom. The predicted molar refractivity (Wildman–Crippen MR) is 239 cm³/mol. The van der Waals surface area contributed by atoms with Crippen LogP contribution in [0.3, 0.4) is 0 Å². The number of rotatable bonds is 6. The van der Waals surface area contributed by atoms with E-state index in [-0.39, 0.29) is 6.04 Å². The number of aromatic nitrogens is 1. The standard InChI is InChI=1S/C54H38N2/c1-2-19-45(20-3-1)56-52-24-11-10-23-50(52)53-51(36-44-17-8-9-22-49(44)54(53)56)43-18-12-21-47(35-43)55(48-32-29-38-14-5-7-16-41(38)34-48)46-30-27-39(28-31-46)42-26-25-37-13-4-6-15-40(37)33-42/h1-19,21-36,45H,20H2. The molecule has 1 heterocycles. The summed E-state index contributed by atoms with van der Waals surface area (Å²) < 4.78 is 2.58. The average molecular weight is 715 g/mol. The molecule has 264 valence electrons. The molecule has 10 aromatic rings. The van der Waals surface area contributed by atoms with Gasteiger partial charge >= 0.3 is 0 Å². The van der Waals surface area contributed by atoms with Gasteiger partial charge in [-0.05, 0) is 110 Å². The number of nitrogens with zero attached hydrogens (tertiary/aromatic N) is 2. The summed E-state index contributed by atoms with van der Waals surface area (Å²) >= 11 is 0. The first-order valence-electron chi connectivity index (χ1n) is 19.5. The van der Waals surface area contributed by atoms with E-state index in [9.17, 15) is 0 Å². The summed E-state index contributed by atoms with van der Waals surface area (Å²) in [5.74, 6) is 0. The van der Waals surface area contributed by atoms with Crippen LogP contribution in [0.5, 0.6) is 0 Å². The number of anilines is 3. The number of allylic oxidation sites excluding steroid dienone is 4. The lowest BCUT2D eigenvalue weighted by molar-refractivity contribution is 0.649. The summed E-state index contributed by atoms with van der Waals surface area (Å²) in [7, 11) is 0. The van der Waals surface area contributed by atoms with Crippen LogP contribution in [-0.2, 0) is 0 Å². The third-order valence-corrected chi connectivity index (χ3v) is 11.6. The molecule has 1 atom stereocenters. The van der Waals surface area contributed by atoms with Crippen LogP contribution < -0.4 is 4.90 Å². The Morgan fingerprint density at radius 1 is 0.429 bits per heavy atom. The van der Waals surface area contributed by atoms with Crippen molar-refractivity contribution in [2.75, 3.05) is 4.90 Å². The lowest BCUT2D eigenvalue weighted by Gasteiger charge is -2.27. The molecule has 0 fully saturated rings. The van der Waals surface area contributed by atoms with Crippen LogP contribution in [0.2, 0.25) is 0 Å². The molecule has 1 unspecified atom stereocenters. The van der Waals surface area contributed by atoms with Crippen molar-refractivity contribution in [3.05, 3.63) is 212 Å². The largest absolute Gasteiger partial charge is 0.333 e. The predicted octanol–water partition coefficient (Wildman–Crippen LogP) is 15.1. The first-order valence-corrected chi connectivity index (χ1v) is 19.5. The summed E-state index contributed by atoms with van der Waals surface area (Å²) in [4.78, 5) is 2.40. The Kier molecular flexibility index (Phi) is 7.67. The Hall–Kier alpha value is -7.16. The molecule has 0 aliphatic heterocycles. The van der Waals surface area contributed by atoms with E-state index in [1.165, 1.54) is 76.4 Å². The smallest absolute Gasteiger partial charge is 0.0583 e. The number of benzene rings is 9. The van der Waals surface area contributed by atoms with Gasteiger partial charge in [-0.1, -0.05) is 158 Å². The van der Waals surface area contributed by atoms with Crippen LogP contribution in [0.4, 0.5) is 17.1 Å². The maximum absolute atomic E-state index is 2.58. The molecular weight excluding hydrogens is 677 g/mol. The molecule has 1 aromatic heterocycles. The molecule has 2 heteroatoms. The van der Waals surface area contributed by atoms with Crippen LogP contribution in [0.1, 0.15) is 12.5 Å². The van der Waals surface area contributed by atoms with E-state index >= 15 is 0 Å². The van der Waals surface area contributed by atoms with Gasteiger partial charge in [0.15, 0.2) is 0 Å². The van der Waals surface area contributed by atoms with Gasteiger partial charge in [0, 0.05) is 38.7 Å². The zero-order chi connectivity index (χ0) is 37.0. The van der Waals surface area contributed by atoms with Gasteiger partial charge in [-0.25, -0.2) is 0 Å². The van der Waals surface area contributed by atoms with E-state index in [0.717, 1.165) is 23.5 Å². The molecule has 1 aliphatic carbocycles. The van der Waals surface area contributed by atoms with Gasteiger partial charge in [0.2, 0.25) is 0 Å². The molecular formula is C54H38N2. The van der Waals surface area contributed by atoms with Crippen molar-refractivity contribution in [3.63, 3.8) is 0 Å². The Balaban J connectivity index is 1.10. The molecule has 2 nitrogen and oxygen atoms in total. The zero-order valence-electron chi connectivity index (χ0n) is 30.9. The maximum atomic E-state index is 2.58. The number of para-hydroxylation sites is 1. The Bertz CT molecular complexity index is 3180. The number of hydrogen-bond acceptors (Lipinski definition) is 1. The van der Waals surface area contributed by atoms with Crippen LogP contribution >= 0.6 is 0 Å². The van der Waals surface area contributed by atoms with E-state index in [0.29, 0.717) is 0 Å².